The number of amides is 1. The Bertz CT molecular complexity index is 233. The van der Waals surface area contributed by atoms with Crippen LogP contribution in [0.2, 0.25) is 0 Å². The van der Waals surface area contributed by atoms with E-state index in [4.69, 9.17) is 4.74 Å². The van der Waals surface area contributed by atoms with Crippen molar-refractivity contribution < 1.29 is 9.53 Å². The molecule has 0 saturated carbocycles. The van der Waals surface area contributed by atoms with Crippen molar-refractivity contribution in [2.75, 3.05) is 13.2 Å². The van der Waals surface area contributed by atoms with Crippen LogP contribution < -0.4 is 0 Å². The third-order valence-electron chi connectivity index (χ3n) is 2.24. The van der Waals surface area contributed by atoms with Gasteiger partial charge in [0.15, 0.2) is 0 Å². The molecule has 1 aliphatic heterocycles. The molecule has 0 spiro atoms. The number of ether oxygens (including phenoxy) is 1. The van der Waals surface area contributed by atoms with E-state index in [1.54, 1.807) is 11.8 Å². The Labute approximate surface area is 79.4 Å². The maximum atomic E-state index is 11.7. The molecule has 74 valence electrons. The van der Waals surface area contributed by atoms with E-state index in [0.29, 0.717) is 5.57 Å². The molecule has 0 aliphatic carbocycles. The minimum Gasteiger partial charge on any atom is -0.356 e. The van der Waals surface area contributed by atoms with Crippen molar-refractivity contribution in [3.05, 3.63) is 12.2 Å². The number of hydrogen-bond acceptors (Lipinski definition) is 2. The van der Waals surface area contributed by atoms with E-state index in [1.807, 2.05) is 13.8 Å². The molecule has 0 unspecified atom stereocenters. The largest absolute Gasteiger partial charge is 0.356 e. The predicted octanol–water partition coefficient (Wildman–Crippen LogP) is 1.55. The first-order valence-electron chi connectivity index (χ1n) is 4.56. The fraction of sp³-hybridized carbons (Fsp3) is 0.700. The first-order valence-corrected chi connectivity index (χ1v) is 4.56. The summed E-state index contributed by atoms with van der Waals surface area (Å²) in [5.74, 6) is -0.00954. The normalized spacial score (nSPS) is 21.3. The Morgan fingerprint density at radius 1 is 1.54 bits per heavy atom. The van der Waals surface area contributed by atoms with Gasteiger partial charge in [0.2, 0.25) is 0 Å². The van der Waals surface area contributed by atoms with Crippen LogP contribution >= 0.6 is 0 Å². The highest BCUT2D eigenvalue weighted by atomic mass is 16.5. The zero-order chi connectivity index (χ0) is 10.1. The van der Waals surface area contributed by atoms with Crippen LogP contribution in [0.15, 0.2) is 12.2 Å². The second kappa shape index (κ2) is 3.50. The Hall–Kier alpha value is -0.830. The van der Waals surface area contributed by atoms with Gasteiger partial charge in [-0.15, -0.1) is 0 Å². The molecular formula is C10H17NO2. The fourth-order valence-electron chi connectivity index (χ4n) is 1.47. The summed E-state index contributed by atoms with van der Waals surface area (Å²) in [7, 11) is 0. The minimum absolute atomic E-state index is 0.00954. The van der Waals surface area contributed by atoms with E-state index in [1.165, 1.54) is 0 Å². The van der Waals surface area contributed by atoms with E-state index in [-0.39, 0.29) is 5.91 Å². The molecule has 1 saturated heterocycles. The van der Waals surface area contributed by atoms with E-state index in [0.717, 1.165) is 19.6 Å². The van der Waals surface area contributed by atoms with Gasteiger partial charge in [0.1, 0.15) is 5.72 Å². The summed E-state index contributed by atoms with van der Waals surface area (Å²) in [5, 5.41) is 0. The Kier molecular flexibility index (Phi) is 2.76. The number of nitrogens with zero attached hydrogens (tertiary/aromatic N) is 1. The molecule has 0 atom stereocenters. The topological polar surface area (TPSA) is 29.5 Å². The molecule has 0 aromatic rings. The van der Waals surface area contributed by atoms with Gasteiger partial charge in [0.05, 0.1) is 6.61 Å². The summed E-state index contributed by atoms with van der Waals surface area (Å²) in [6.07, 6.45) is 0.905. The van der Waals surface area contributed by atoms with Crippen molar-refractivity contribution in [1.82, 2.24) is 4.90 Å². The van der Waals surface area contributed by atoms with Gasteiger partial charge >= 0.3 is 0 Å². The maximum Gasteiger partial charge on any atom is 0.251 e. The molecule has 13 heavy (non-hydrogen) atoms. The van der Waals surface area contributed by atoms with Crippen molar-refractivity contribution in [3.8, 4) is 0 Å². The van der Waals surface area contributed by atoms with Gasteiger partial charge in [-0.25, -0.2) is 0 Å². The van der Waals surface area contributed by atoms with Crippen molar-refractivity contribution in [2.24, 2.45) is 0 Å². The third kappa shape index (κ3) is 2.10. The van der Waals surface area contributed by atoms with E-state index < -0.39 is 5.72 Å². The van der Waals surface area contributed by atoms with Gasteiger partial charge in [-0.3, -0.25) is 4.79 Å². The van der Waals surface area contributed by atoms with Gasteiger partial charge < -0.3 is 9.64 Å². The molecule has 3 nitrogen and oxygen atoms in total. The van der Waals surface area contributed by atoms with Crippen LogP contribution in [0.25, 0.3) is 0 Å². The number of rotatable bonds is 1. The quantitative estimate of drug-likeness (QED) is 0.577. The van der Waals surface area contributed by atoms with Crippen LogP contribution in [-0.2, 0) is 9.53 Å². The summed E-state index contributed by atoms with van der Waals surface area (Å²) in [6.45, 7) is 10.7. The van der Waals surface area contributed by atoms with Crippen molar-refractivity contribution in [3.63, 3.8) is 0 Å². The van der Waals surface area contributed by atoms with Crippen LogP contribution in [0.1, 0.15) is 27.2 Å². The highest BCUT2D eigenvalue weighted by molar-refractivity contribution is 5.92. The Balaban J connectivity index is 2.77. The summed E-state index contributed by atoms with van der Waals surface area (Å²) in [6, 6.07) is 0. The molecule has 0 radical (unpaired) electrons. The average Bonchev–Trinajstić information content (AvgIpc) is 2.02. The van der Waals surface area contributed by atoms with Crippen LogP contribution in [0.5, 0.6) is 0 Å². The maximum absolute atomic E-state index is 11.7. The Morgan fingerprint density at radius 3 is 2.62 bits per heavy atom. The summed E-state index contributed by atoms with van der Waals surface area (Å²) in [4.78, 5) is 13.4. The molecule has 3 heteroatoms. The lowest BCUT2D eigenvalue weighted by molar-refractivity contribution is -0.177. The second-order valence-corrected chi connectivity index (χ2v) is 3.89. The summed E-state index contributed by atoms with van der Waals surface area (Å²) >= 11 is 0. The molecule has 1 amide bonds. The number of hydrogen-bond donors (Lipinski definition) is 0. The molecule has 0 N–H and O–H groups in total. The molecule has 0 aromatic heterocycles. The van der Waals surface area contributed by atoms with E-state index in [9.17, 15) is 4.79 Å². The van der Waals surface area contributed by atoms with E-state index in [2.05, 4.69) is 6.58 Å². The second-order valence-electron chi connectivity index (χ2n) is 3.89. The standard InChI is InChI=1S/C10H17NO2/c1-8(2)9(12)11-6-5-7-13-10(11,3)4/h1,5-7H2,2-4H3. The summed E-state index contributed by atoms with van der Waals surface area (Å²) < 4.78 is 5.51. The van der Waals surface area contributed by atoms with Crippen molar-refractivity contribution in [1.29, 1.82) is 0 Å². The molecule has 0 aromatic carbocycles. The van der Waals surface area contributed by atoms with E-state index >= 15 is 0 Å². The van der Waals surface area contributed by atoms with Crippen LogP contribution in [0, 0.1) is 0 Å². The lowest BCUT2D eigenvalue weighted by atomic mass is 10.1. The molecule has 1 aliphatic rings. The molecule has 1 heterocycles. The van der Waals surface area contributed by atoms with Gasteiger partial charge in [-0.05, 0) is 27.2 Å². The zero-order valence-corrected chi connectivity index (χ0v) is 8.59. The molecular weight excluding hydrogens is 166 g/mol. The number of carbonyl (C=O) groups excluding carboxylic acids is 1. The van der Waals surface area contributed by atoms with Gasteiger partial charge in [0.25, 0.3) is 5.91 Å². The van der Waals surface area contributed by atoms with Gasteiger partial charge in [-0.1, -0.05) is 6.58 Å². The lowest BCUT2D eigenvalue weighted by Gasteiger charge is -2.42. The van der Waals surface area contributed by atoms with Crippen LogP contribution in [0.4, 0.5) is 0 Å². The highest BCUT2D eigenvalue weighted by Crippen LogP contribution is 2.22. The minimum atomic E-state index is -0.478. The SMILES string of the molecule is C=C(C)C(=O)N1CCCOC1(C)C. The van der Waals surface area contributed by atoms with Crippen LogP contribution in [-0.4, -0.2) is 29.7 Å². The fourth-order valence-corrected chi connectivity index (χ4v) is 1.47. The Morgan fingerprint density at radius 2 is 2.15 bits per heavy atom. The molecule has 0 bridgehead atoms. The van der Waals surface area contributed by atoms with Crippen LogP contribution in [0.3, 0.4) is 0 Å². The van der Waals surface area contributed by atoms with Crippen molar-refractivity contribution in [2.45, 2.75) is 32.9 Å². The van der Waals surface area contributed by atoms with Crippen molar-refractivity contribution >= 4 is 5.91 Å². The molecule has 1 fully saturated rings. The number of carbonyl (C=O) groups is 1. The third-order valence-corrected chi connectivity index (χ3v) is 2.24. The van der Waals surface area contributed by atoms with Gasteiger partial charge in [-0.2, -0.15) is 0 Å². The zero-order valence-electron chi connectivity index (χ0n) is 8.59. The lowest BCUT2D eigenvalue weighted by Crippen LogP contribution is -2.53. The molecule has 1 rings (SSSR count). The predicted molar refractivity (Wildman–Crippen MR) is 51.2 cm³/mol. The highest BCUT2D eigenvalue weighted by Gasteiger charge is 2.34. The monoisotopic (exact) mass is 183 g/mol. The first kappa shape index (κ1) is 10.3. The first-order chi connectivity index (χ1) is 5.95. The average molecular weight is 183 g/mol. The summed E-state index contributed by atoms with van der Waals surface area (Å²) in [5.41, 5.74) is 0.0902. The van der Waals surface area contributed by atoms with Gasteiger partial charge in [0, 0.05) is 12.1 Å². The smallest absolute Gasteiger partial charge is 0.251 e.